The molecule has 0 radical (unpaired) electrons. The van der Waals surface area contributed by atoms with Crippen molar-refractivity contribution >= 4 is 47.6 Å². The molecule has 0 fully saturated rings. The van der Waals surface area contributed by atoms with E-state index in [0.29, 0.717) is 25.0 Å². The normalized spacial score (nSPS) is 11.8. The van der Waals surface area contributed by atoms with Crippen molar-refractivity contribution in [2.45, 2.75) is 39.0 Å². The van der Waals surface area contributed by atoms with Crippen LogP contribution >= 0.6 is 22.6 Å². The van der Waals surface area contributed by atoms with Crippen LogP contribution in [0.15, 0.2) is 24.7 Å². The Hall–Kier alpha value is -1.79. The molecule has 150 valence electrons. The number of anilines is 1. The van der Waals surface area contributed by atoms with Gasteiger partial charge in [0.2, 0.25) is 5.88 Å². The largest absolute Gasteiger partial charge is 0.481 e. The summed E-state index contributed by atoms with van der Waals surface area (Å²) >= 11 is 2.21. The van der Waals surface area contributed by atoms with Gasteiger partial charge in [-0.1, -0.05) is 19.6 Å². The molecule has 1 N–H and O–H groups in total. The molecule has 3 aromatic rings. The van der Waals surface area contributed by atoms with Crippen LogP contribution in [0, 0.1) is 3.83 Å². The molecule has 0 aliphatic rings. The van der Waals surface area contributed by atoms with Gasteiger partial charge in [-0.25, -0.2) is 19.9 Å². The van der Waals surface area contributed by atoms with Crippen LogP contribution in [-0.2, 0) is 18.0 Å². The van der Waals surface area contributed by atoms with E-state index in [4.69, 9.17) is 9.47 Å². The lowest BCUT2D eigenvalue weighted by Crippen LogP contribution is -2.22. The van der Waals surface area contributed by atoms with Gasteiger partial charge in [-0.3, -0.25) is 4.57 Å². The van der Waals surface area contributed by atoms with Gasteiger partial charge in [-0.15, -0.1) is 0 Å². The third-order valence-electron chi connectivity index (χ3n) is 4.17. The van der Waals surface area contributed by atoms with E-state index in [9.17, 15) is 0 Å². The van der Waals surface area contributed by atoms with Crippen molar-refractivity contribution in [3.05, 3.63) is 34.1 Å². The summed E-state index contributed by atoms with van der Waals surface area (Å²) in [5.41, 5.74) is 2.55. The first-order valence-electron chi connectivity index (χ1n) is 9.04. The fraction of sp³-hybridized carbons (Fsp3) is 0.444. The fourth-order valence-corrected chi connectivity index (χ4v) is 3.91. The minimum atomic E-state index is -1.11. The van der Waals surface area contributed by atoms with Crippen molar-refractivity contribution in [3.8, 4) is 5.88 Å². The molecule has 0 bridgehead atoms. The van der Waals surface area contributed by atoms with E-state index >= 15 is 0 Å². The maximum absolute atomic E-state index is 5.89. The summed E-state index contributed by atoms with van der Waals surface area (Å²) in [6, 6.07) is 4.95. The van der Waals surface area contributed by atoms with Crippen LogP contribution in [0.5, 0.6) is 5.88 Å². The van der Waals surface area contributed by atoms with Crippen LogP contribution in [0.2, 0.25) is 25.7 Å². The smallest absolute Gasteiger partial charge is 0.213 e. The minimum Gasteiger partial charge on any atom is -0.481 e. The monoisotopic (exact) mass is 512 g/mol. The molecule has 3 aromatic heterocycles. The molecule has 0 saturated carbocycles. The number of nitrogens with zero attached hydrogens (tertiary/aromatic N) is 5. The number of aromatic nitrogens is 5. The number of imidazole rings is 1. The number of hydrogen-bond donors (Lipinski definition) is 1. The molecular formula is C18H25IN6O2Si. The Morgan fingerprint density at radius 2 is 2.04 bits per heavy atom. The third kappa shape index (κ3) is 5.38. The van der Waals surface area contributed by atoms with Gasteiger partial charge in [0, 0.05) is 56.1 Å². The number of ether oxygens (including phenoxy) is 2. The second-order valence-electron chi connectivity index (χ2n) is 7.61. The maximum Gasteiger partial charge on any atom is 0.213 e. The Labute approximate surface area is 179 Å². The van der Waals surface area contributed by atoms with Gasteiger partial charge in [0.15, 0.2) is 20.8 Å². The van der Waals surface area contributed by atoms with Crippen molar-refractivity contribution in [2.75, 3.05) is 19.0 Å². The highest BCUT2D eigenvalue weighted by Gasteiger charge is 2.16. The van der Waals surface area contributed by atoms with Crippen molar-refractivity contribution in [1.82, 2.24) is 24.5 Å². The lowest BCUT2D eigenvalue weighted by Gasteiger charge is -2.15. The topological polar surface area (TPSA) is 87.0 Å². The molecule has 8 nitrogen and oxygen atoms in total. The summed E-state index contributed by atoms with van der Waals surface area (Å²) in [7, 11) is 0.499. The highest BCUT2D eigenvalue weighted by atomic mass is 127. The van der Waals surface area contributed by atoms with Gasteiger partial charge in [0.1, 0.15) is 13.1 Å². The fourth-order valence-electron chi connectivity index (χ4n) is 2.55. The number of nitrogens with one attached hydrogen (secondary N) is 1. The summed E-state index contributed by atoms with van der Waals surface area (Å²) in [5.74, 6) is 1.28. The number of halogens is 1. The number of hydrogen-bond acceptors (Lipinski definition) is 7. The SMILES string of the molecule is COc1cc(CNc2ncnc3c2nc(I)n3COCC[Si](C)(C)C)ccn1. The zero-order valence-electron chi connectivity index (χ0n) is 16.6. The van der Waals surface area contributed by atoms with E-state index in [1.165, 1.54) is 0 Å². The quantitative estimate of drug-likeness (QED) is 0.202. The van der Waals surface area contributed by atoms with E-state index in [-0.39, 0.29) is 0 Å². The van der Waals surface area contributed by atoms with Gasteiger partial charge >= 0.3 is 0 Å². The summed E-state index contributed by atoms with van der Waals surface area (Å²) in [6.45, 7) is 8.81. The van der Waals surface area contributed by atoms with Crippen molar-refractivity contribution < 1.29 is 9.47 Å². The number of methoxy groups -OCH3 is 1. The van der Waals surface area contributed by atoms with Crippen LogP contribution in [0.1, 0.15) is 5.56 Å². The molecule has 3 heterocycles. The molecule has 0 amide bonds. The summed E-state index contributed by atoms with van der Waals surface area (Å²) < 4.78 is 13.9. The van der Waals surface area contributed by atoms with Gasteiger partial charge in [0.25, 0.3) is 0 Å². The van der Waals surface area contributed by atoms with Crippen molar-refractivity contribution in [2.24, 2.45) is 0 Å². The van der Waals surface area contributed by atoms with Crippen LogP contribution in [0.25, 0.3) is 11.2 Å². The Morgan fingerprint density at radius 1 is 1.21 bits per heavy atom. The van der Waals surface area contributed by atoms with E-state index in [2.05, 4.69) is 67.5 Å². The van der Waals surface area contributed by atoms with Crippen molar-refractivity contribution in [3.63, 3.8) is 0 Å². The van der Waals surface area contributed by atoms with Crippen LogP contribution in [0.4, 0.5) is 5.82 Å². The zero-order chi connectivity index (χ0) is 20.1. The van der Waals surface area contributed by atoms with E-state index < -0.39 is 8.07 Å². The standard InChI is InChI=1S/C18H25IN6O2Si/c1-26-14-9-13(5-6-20-14)10-21-16-15-17(23-11-22-16)25(18(19)24-15)12-27-7-8-28(2,3)4/h5-6,9,11H,7-8,10,12H2,1-4H3,(H,21,22,23). The number of fused-ring (bicyclic) bond motifs is 1. The molecule has 0 unspecified atom stereocenters. The average molecular weight is 512 g/mol. The first-order chi connectivity index (χ1) is 13.4. The predicted octanol–water partition coefficient (Wildman–Crippen LogP) is 3.76. The van der Waals surface area contributed by atoms with E-state index in [0.717, 1.165) is 33.2 Å². The van der Waals surface area contributed by atoms with Crippen LogP contribution in [0.3, 0.4) is 0 Å². The van der Waals surface area contributed by atoms with Gasteiger partial charge in [-0.05, 0) is 17.7 Å². The highest BCUT2D eigenvalue weighted by Crippen LogP contribution is 2.22. The highest BCUT2D eigenvalue weighted by molar-refractivity contribution is 14.1. The number of rotatable bonds is 9. The molecule has 3 rings (SSSR count). The molecule has 28 heavy (non-hydrogen) atoms. The average Bonchev–Trinajstić information content (AvgIpc) is 2.99. The van der Waals surface area contributed by atoms with E-state index in [1.54, 1.807) is 19.6 Å². The van der Waals surface area contributed by atoms with E-state index in [1.807, 2.05) is 16.7 Å². The Morgan fingerprint density at radius 3 is 2.79 bits per heavy atom. The van der Waals surface area contributed by atoms with Crippen LogP contribution in [-0.4, -0.2) is 46.3 Å². The summed E-state index contributed by atoms with van der Waals surface area (Å²) in [5, 5.41) is 3.33. The van der Waals surface area contributed by atoms with Gasteiger partial charge < -0.3 is 14.8 Å². The Bertz CT molecular complexity index is 943. The van der Waals surface area contributed by atoms with Crippen LogP contribution < -0.4 is 10.1 Å². The molecule has 0 aromatic carbocycles. The molecule has 0 atom stereocenters. The first kappa shape index (κ1) is 20.9. The lowest BCUT2D eigenvalue weighted by atomic mass is 10.2. The predicted molar refractivity (Wildman–Crippen MR) is 120 cm³/mol. The van der Waals surface area contributed by atoms with Gasteiger partial charge in [0.05, 0.1) is 7.11 Å². The Kier molecular flexibility index (Phi) is 6.83. The van der Waals surface area contributed by atoms with Gasteiger partial charge in [-0.2, -0.15) is 0 Å². The summed E-state index contributed by atoms with van der Waals surface area (Å²) in [6.07, 6.45) is 3.27. The van der Waals surface area contributed by atoms with Crippen molar-refractivity contribution in [1.29, 1.82) is 0 Å². The molecular weight excluding hydrogens is 487 g/mol. The third-order valence-corrected chi connectivity index (χ3v) is 6.70. The number of pyridine rings is 1. The molecule has 0 saturated heterocycles. The maximum atomic E-state index is 5.89. The first-order valence-corrected chi connectivity index (χ1v) is 13.8. The zero-order valence-corrected chi connectivity index (χ0v) is 19.7. The lowest BCUT2D eigenvalue weighted by molar-refractivity contribution is 0.0878. The minimum absolute atomic E-state index is 0.442. The Balaban J connectivity index is 1.72. The second-order valence-corrected chi connectivity index (χ2v) is 14.2. The molecule has 0 aliphatic heterocycles. The molecule has 0 spiro atoms. The summed E-state index contributed by atoms with van der Waals surface area (Å²) in [4.78, 5) is 17.5. The molecule has 0 aliphatic carbocycles. The second kappa shape index (κ2) is 9.14. The molecule has 10 heteroatoms.